The Morgan fingerprint density at radius 2 is 2.04 bits per heavy atom. The molecule has 3 aliphatic rings. The van der Waals surface area contributed by atoms with Crippen molar-refractivity contribution >= 4 is 11.8 Å². The van der Waals surface area contributed by atoms with Crippen molar-refractivity contribution in [2.45, 2.75) is 44.6 Å². The molecule has 0 bridgehead atoms. The fourth-order valence-corrected chi connectivity index (χ4v) is 4.27. The summed E-state index contributed by atoms with van der Waals surface area (Å²) in [6, 6.07) is 0. The fourth-order valence-electron chi connectivity index (χ4n) is 4.27. The highest BCUT2D eigenvalue weighted by molar-refractivity contribution is 5.86. The molecule has 1 atom stereocenters. The first-order valence-electron chi connectivity index (χ1n) is 10.1. The van der Waals surface area contributed by atoms with Gasteiger partial charge in [0.25, 0.3) is 0 Å². The largest absolute Gasteiger partial charge is 0.377 e. The van der Waals surface area contributed by atoms with Gasteiger partial charge in [-0.1, -0.05) is 13.3 Å². The van der Waals surface area contributed by atoms with Crippen LogP contribution in [0.15, 0.2) is 0 Å². The van der Waals surface area contributed by atoms with E-state index < -0.39 is 5.60 Å². The Balaban J connectivity index is 1.45. The molecule has 3 fully saturated rings. The molecule has 0 aromatic rings. The minimum absolute atomic E-state index is 0.0347. The zero-order valence-electron chi connectivity index (χ0n) is 15.9. The van der Waals surface area contributed by atoms with Gasteiger partial charge < -0.3 is 25.0 Å². The van der Waals surface area contributed by atoms with Crippen LogP contribution in [0.2, 0.25) is 0 Å². The van der Waals surface area contributed by atoms with E-state index in [-0.39, 0.29) is 24.3 Å². The molecule has 1 saturated carbocycles. The average molecular weight is 367 g/mol. The molecule has 1 spiro atoms. The van der Waals surface area contributed by atoms with Gasteiger partial charge in [-0.15, -0.1) is 0 Å². The van der Waals surface area contributed by atoms with Crippen LogP contribution in [0.3, 0.4) is 0 Å². The number of ether oxygens (including phenoxy) is 2. The first-order valence-corrected chi connectivity index (χ1v) is 10.1. The number of morpholine rings is 1. The summed E-state index contributed by atoms with van der Waals surface area (Å²) < 4.78 is 11.6. The Morgan fingerprint density at radius 1 is 1.23 bits per heavy atom. The third-order valence-electron chi connectivity index (χ3n) is 6.05. The van der Waals surface area contributed by atoms with Crippen LogP contribution in [0.1, 0.15) is 39.0 Å². The zero-order chi connectivity index (χ0) is 18.4. The van der Waals surface area contributed by atoms with Crippen molar-refractivity contribution in [3.8, 4) is 0 Å². The van der Waals surface area contributed by atoms with Gasteiger partial charge in [0.05, 0.1) is 32.9 Å². The van der Waals surface area contributed by atoms with E-state index in [2.05, 4.69) is 17.6 Å². The maximum absolute atomic E-state index is 12.6. The van der Waals surface area contributed by atoms with Crippen molar-refractivity contribution in [2.75, 3.05) is 52.5 Å². The molecule has 26 heavy (non-hydrogen) atoms. The van der Waals surface area contributed by atoms with Gasteiger partial charge in [0, 0.05) is 25.6 Å². The third-order valence-corrected chi connectivity index (χ3v) is 6.05. The second-order valence-electron chi connectivity index (χ2n) is 7.92. The van der Waals surface area contributed by atoms with Crippen molar-refractivity contribution in [1.82, 2.24) is 15.5 Å². The molecule has 2 aliphatic heterocycles. The van der Waals surface area contributed by atoms with Gasteiger partial charge in [0.15, 0.2) is 0 Å². The molecule has 7 nitrogen and oxygen atoms in total. The molecular formula is C19H33N3O4. The van der Waals surface area contributed by atoms with Crippen molar-refractivity contribution < 1.29 is 19.1 Å². The molecule has 3 rings (SSSR count). The molecule has 1 aliphatic carbocycles. The lowest BCUT2D eigenvalue weighted by Gasteiger charge is -2.41. The van der Waals surface area contributed by atoms with Crippen LogP contribution < -0.4 is 10.6 Å². The van der Waals surface area contributed by atoms with E-state index >= 15 is 0 Å². The predicted molar refractivity (Wildman–Crippen MR) is 97.7 cm³/mol. The summed E-state index contributed by atoms with van der Waals surface area (Å²) in [5, 5.41) is 6.18. The minimum atomic E-state index is -0.465. The summed E-state index contributed by atoms with van der Waals surface area (Å²) in [7, 11) is 0. The van der Waals surface area contributed by atoms with E-state index in [9.17, 15) is 9.59 Å². The number of carbonyl (C=O) groups is 2. The molecule has 2 heterocycles. The van der Waals surface area contributed by atoms with Crippen LogP contribution in [-0.2, 0) is 19.1 Å². The first kappa shape index (κ1) is 19.6. The highest BCUT2D eigenvalue weighted by Crippen LogP contribution is 2.30. The van der Waals surface area contributed by atoms with Gasteiger partial charge in [-0.05, 0) is 31.6 Å². The van der Waals surface area contributed by atoms with Gasteiger partial charge in [0.2, 0.25) is 11.8 Å². The quantitative estimate of drug-likeness (QED) is 0.758. The molecular weight excluding hydrogens is 334 g/mol. The Labute approximate surface area is 156 Å². The lowest BCUT2D eigenvalue weighted by atomic mass is 9.80. The molecule has 2 N–H and O–H groups in total. The highest BCUT2D eigenvalue weighted by atomic mass is 16.5. The first-order chi connectivity index (χ1) is 12.6. The summed E-state index contributed by atoms with van der Waals surface area (Å²) in [5.74, 6) is 0.838. The Kier molecular flexibility index (Phi) is 6.89. The summed E-state index contributed by atoms with van der Waals surface area (Å²) in [5.41, 5.74) is -0.465. The van der Waals surface area contributed by atoms with Crippen LogP contribution in [0.5, 0.6) is 0 Å². The van der Waals surface area contributed by atoms with Crippen molar-refractivity contribution in [3.05, 3.63) is 0 Å². The number of amides is 2. The lowest BCUT2D eigenvalue weighted by molar-refractivity contribution is -0.158. The van der Waals surface area contributed by atoms with E-state index in [1.807, 2.05) is 0 Å². The summed E-state index contributed by atoms with van der Waals surface area (Å²) in [6.07, 6.45) is 5.34. The second-order valence-corrected chi connectivity index (χ2v) is 7.92. The molecule has 2 amide bonds. The van der Waals surface area contributed by atoms with Crippen molar-refractivity contribution in [3.63, 3.8) is 0 Å². The minimum Gasteiger partial charge on any atom is -0.377 e. The maximum atomic E-state index is 12.6. The number of hydrogen-bond donors (Lipinski definition) is 2. The molecule has 0 radical (unpaired) electrons. The number of carbonyl (C=O) groups excluding carboxylic acids is 2. The molecule has 1 unspecified atom stereocenters. The van der Waals surface area contributed by atoms with Gasteiger partial charge in [-0.25, -0.2) is 0 Å². The number of hydrogen-bond acceptors (Lipinski definition) is 5. The van der Waals surface area contributed by atoms with E-state index in [4.69, 9.17) is 9.47 Å². The number of rotatable bonds is 4. The maximum Gasteiger partial charge on any atom is 0.242 e. The molecule has 148 valence electrons. The Hall–Kier alpha value is -1.18. The molecule has 0 aromatic carbocycles. The average Bonchev–Trinajstić information content (AvgIpc) is 2.91. The van der Waals surface area contributed by atoms with Crippen LogP contribution in [0.4, 0.5) is 0 Å². The molecule has 2 saturated heterocycles. The summed E-state index contributed by atoms with van der Waals surface area (Å²) in [4.78, 5) is 26.8. The topological polar surface area (TPSA) is 79.9 Å². The van der Waals surface area contributed by atoms with Crippen LogP contribution in [0, 0.1) is 11.8 Å². The highest BCUT2D eigenvalue weighted by Gasteiger charge is 2.39. The number of nitrogens with one attached hydrogen (secondary N) is 2. The smallest absolute Gasteiger partial charge is 0.242 e. The second kappa shape index (κ2) is 9.15. The summed E-state index contributed by atoms with van der Waals surface area (Å²) in [6.45, 7) is 6.52. The Bertz CT molecular complexity index is 483. The monoisotopic (exact) mass is 367 g/mol. The van der Waals surface area contributed by atoms with Gasteiger partial charge >= 0.3 is 0 Å². The van der Waals surface area contributed by atoms with E-state index in [0.717, 1.165) is 38.1 Å². The lowest BCUT2D eigenvalue weighted by Crippen LogP contribution is -2.60. The van der Waals surface area contributed by atoms with Gasteiger partial charge in [-0.3, -0.25) is 9.59 Å². The SMILES string of the molecule is CCC1CCC(C(=O)NCC(=O)N2CCOC3(CNCCOC3)C2)CC1. The normalized spacial score (nSPS) is 32.9. The van der Waals surface area contributed by atoms with Gasteiger partial charge in [-0.2, -0.15) is 0 Å². The Morgan fingerprint density at radius 3 is 2.81 bits per heavy atom. The fraction of sp³-hybridized carbons (Fsp3) is 0.895. The van der Waals surface area contributed by atoms with Crippen molar-refractivity contribution in [2.24, 2.45) is 11.8 Å². The third kappa shape index (κ3) is 4.96. The van der Waals surface area contributed by atoms with E-state index in [0.29, 0.717) is 39.5 Å². The number of nitrogens with zero attached hydrogens (tertiary/aromatic N) is 1. The predicted octanol–water partition coefficient (Wildman–Crippen LogP) is 0.536. The molecule has 0 aromatic heterocycles. The zero-order valence-corrected chi connectivity index (χ0v) is 15.9. The van der Waals surface area contributed by atoms with E-state index in [1.165, 1.54) is 6.42 Å². The van der Waals surface area contributed by atoms with E-state index in [1.54, 1.807) is 4.90 Å². The van der Waals surface area contributed by atoms with Gasteiger partial charge in [0.1, 0.15) is 5.60 Å². The van der Waals surface area contributed by atoms with Crippen LogP contribution in [0.25, 0.3) is 0 Å². The standard InChI is InChI=1S/C19H33N3O4/c1-2-15-3-5-16(6-4-15)18(24)21-11-17(23)22-8-10-26-19(13-22)12-20-7-9-25-14-19/h15-16,20H,2-14H2,1H3,(H,21,24). The van der Waals surface area contributed by atoms with Crippen LogP contribution >= 0.6 is 0 Å². The van der Waals surface area contributed by atoms with Crippen molar-refractivity contribution in [1.29, 1.82) is 0 Å². The summed E-state index contributed by atoms with van der Waals surface area (Å²) >= 11 is 0. The van der Waals surface area contributed by atoms with Crippen LogP contribution in [-0.4, -0.2) is 74.9 Å². The molecule has 7 heteroatoms.